The summed E-state index contributed by atoms with van der Waals surface area (Å²) in [5, 5.41) is 0. The Bertz CT molecular complexity index is 859. The summed E-state index contributed by atoms with van der Waals surface area (Å²) in [5.41, 5.74) is -0.915. The Labute approximate surface area is 266 Å². The summed E-state index contributed by atoms with van der Waals surface area (Å²) in [6, 6.07) is 0. The Balaban J connectivity index is 5.24. The van der Waals surface area contributed by atoms with E-state index in [2.05, 4.69) is 23.7 Å². The molecule has 0 aliphatic rings. The highest BCUT2D eigenvalue weighted by atomic mass is 16.6. The fraction of sp³-hybridized carbons (Fsp3) is 0.636. The van der Waals surface area contributed by atoms with E-state index in [0.717, 1.165) is 0 Å². The Kier molecular flexibility index (Phi) is 26.1. The predicted octanol–water partition coefficient (Wildman–Crippen LogP) is 1.87. The van der Waals surface area contributed by atoms with Crippen LogP contribution in [0, 0.1) is 54.8 Å². The highest BCUT2D eigenvalue weighted by molar-refractivity contribution is 5.70. The van der Waals surface area contributed by atoms with Gasteiger partial charge in [0.15, 0.2) is 0 Å². The van der Waals surface area contributed by atoms with Crippen molar-refractivity contribution in [3.63, 3.8) is 0 Å². The van der Waals surface area contributed by atoms with Crippen LogP contribution in [0.15, 0.2) is 0 Å². The number of carbonyl (C=O) groups excluding carboxylic acids is 4. The zero-order valence-corrected chi connectivity index (χ0v) is 25.9. The van der Waals surface area contributed by atoms with Crippen molar-refractivity contribution < 1.29 is 57.1 Å². The van der Waals surface area contributed by atoms with Gasteiger partial charge in [-0.25, -0.2) is 0 Å². The lowest BCUT2D eigenvalue weighted by molar-refractivity contribution is -0.151. The Morgan fingerprint density at radius 3 is 0.822 bits per heavy atom. The minimum atomic E-state index is -0.915. The lowest BCUT2D eigenvalue weighted by atomic mass is 9.92. The van der Waals surface area contributed by atoms with Crippen LogP contribution < -0.4 is 0 Å². The molecule has 0 aliphatic heterocycles. The van der Waals surface area contributed by atoms with Crippen LogP contribution in [-0.4, -0.2) is 103 Å². The lowest BCUT2D eigenvalue weighted by Crippen LogP contribution is -2.43. The summed E-state index contributed by atoms with van der Waals surface area (Å²) in [5.74, 6) is 7.72. The van der Waals surface area contributed by atoms with Gasteiger partial charge < -0.3 is 37.9 Å². The molecule has 0 saturated heterocycles. The van der Waals surface area contributed by atoms with Crippen LogP contribution in [0.3, 0.4) is 0 Å². The molecule has 45 heavy (non-hydrogen) atoms. The molecule has 0 bridgehead atoms. The average Bonchev–Trinajstić information content (AvgIpc) is 3.03. The van der Waals surface area contributed by atoms with Crippen LogP contribution in [-0.2, 0) is 57.1 Å². The fourth-order valence-electron chi connectivity index (χ4n) is 3.25. The number of carbonyl (C=O) groups is 4. The van der Waals surface area contributed by atoms with Crippen molar-refractivity contribution in [2.75, 3.05) is 79.3 Å². The van der Waals surface area contributed by atoms with Gasteiger partial charge in [0.2, 0.25) is 0 Å². The van der Waals surface area contributed by atoms with Gasteiger partial charge in [-0.1, -0.05) is 0 Å². The summed E-state index contributed by atoms with van der Waals surface area (Å²) in [4.78, 5) is 46.9. The molecule has 0 N–H and O–H groups in total. The van der Waals surface area contributed by atoms with Crippen molar-refractivity contribution in [2.24, 2.45) is 5.41 Å². The minimum Gasteiger partial charge on any atom is -0.463 e. The van der Waals surface area contributed by atoms with E-state index in [1.807, 2.05) is 0 Å². The van der Waals surface area contributed by atoms with Crippen LogP contribution in [0.25, 0.3) is 0 Å². The fourth-order valence-corrected chi connectivity index (χ4v) is 3.25. The second-order valence-electron chi connectivity index (χ2n) is 9.41. The molecule has 0 unspecified atom stereocenters. The predicted molar refractivity (Wildman–Crippen MR) is 162 cm³/mol. The summed E-state index contributed by atoms with van der Waals surface area (Å²) in [6.45, 7) is 0.419. The molecule has 0 aromatic rings. The molecule has 12 heteroatoms. The van der Waals surface area contributed by atoms with Crippen molar-refractivity contribution in [1.82, 2.24) is 0 Å². The van der Waals surface area contributed by atoms with E-state index in [4.69, 9.17) is 63.6 Å². The van der Waals surface area contributed by atoms with Gasteiger partial charge in [0.1, 0.15) is 26.4 Å². The van der Waals surface area contributed by atoms with Crippen LogP contribution in [0.1, 0.15) is 51.4 Å². The topological polar surface area (TPSA) is 142 Å². The van der Waals surface area contributed by atoms with E-state index in [-0.39, 0.29) is 131 Å². The molecule has 0 aromatic carbocycles. The van der Waals surface area contributed by atoms with E-state index in [0.29, 0.717) is 0 Å². The standard InChI is InChI=1S/C33H44O12/c1-5-9-13-29(34)42-21-17-38-25-33(26-39-18-22-43-30(35)14-10-6-2,27-40-19-23-44-31(36)15-11-7-3)28-41-20-24-45-32(37)16-12-8-4/h1-4H,9-28H2. The molecule has 0 heterocycles. The first-order chi connectivity index (χ1) is 21.8. The number of esters is 4. The molecule has 12 nitrogen and oxygen atoms in total. The minimum absolute atomic E-state index is 0.00309. The molecular formula is C33H44O12. The SMILES string of the molecule is C#CCCC(=O)OCCOCC(COCCOC(=O)CCC#C)(COCCOC(=O)CCC#C)COCCOC(=O)CCC#C. The number of ether oxygens (including phenoxy) is 8. The molecule has 0 fully saturated rings. The third-order valence-electron chi connectivity index (χ3n) is 5.49. The van der Waals surface area contributed by atoms with E-state index in [9.17, 15) is 19.2 Å². The van der Waals surface area contributed by atoms with Crippen molar-refractivity contribution in [1.29, 1.82) is 0 Å². The van der Waals surface area contributed by atoms with Crippen LogP contribution in [0.4, 0.5) is 0 Å². The third kappa shape index (κ3) is 25.0. The van der Waals surface area contributed by atoms with Crippen molar-refractivity contribution >= 4 is 23.9 Å². The van der Waals surface area contributed by atoms with Gasteiger partial charge in [-0.05, 0) is 0 Å². The number of rotatable bonds is 28. The molecule has 0 spiro atoms. The van der Waals surface area contributed by atoms with Gasteiger partial charge >= 0.3 is 23.9 Å². The number of hydrogen-bond acceptors (Lipinski definition) is 12. The molecule has 0 saturated carbocycles. The summed E-state index contributed by atoms with van der Waals surface area (Å²) >= 11 is 0. The summed E-state index contributed by atoms with van der Waals surface area (Å²) in [7, 11) is 0. The normalized spacial score (nSPS) is 10.4. The highest BCUT2D eigenvalue weighted by Gasteiger charge is 2.33. The smallest absolute Gasteiger partial charge is 0.306 e. The summed E-state index contributed by atoms with van der Waals surface area (Å²) < 4.78 is 43.7. The first-order valence-electron chi connectivity index (χ1n) is 14.5. The zero-order valence-electron chi connectivity index (χ0n) is 25.9. The maximum Gasteiger partial charge on any atom is 0.306 e. The number of hydrogen-bond donors (Lipinski definition) is 0. The van der Waals surface area contributed by atoms with Crippen LogP contribution in [0.2, 0.25) is 0 Å². The zero-order chi connectivity index (χ0) is 33.4. The van der Waals surface area contributed by atoms with E-state index >= 15 is 0 Å². The van der Waals surface area contributed by atoms with E-state index < -0.39 is 29.3 Å². The maximum absolute atomic E-state index is 11.7. The molecule has 0 aliphatic carbocycles. The third-order valence-corrected chi connectivity index (χ3v) is 5.49. The molecule has 0 atom stereocenters. The first-order valence-corrected chi connectivity index (χ1v) is 14.5. The average molecular weight is 633 g/mol. The first kappa shape index (κ1) is 41.0. The monoisotopic (exact) mass is 632 g/mol. The molecule has 0 radical (unpaired) electrons. The Morgan fingerprint density at radius 1 is 0.400 bits per heavy atom. The second kappa shape index (κ2) is 28.7. The maximum atomic E-state index is 11.7. The van der Waals surface area contributed by atoms with Crippen molar-refractivity contribution in [2.45, 2.75) is 51.4 Å². The molecule has 0 amide bonds. The molecular weight excluding hydrogens is 588 g/mol. The Hall–Kier alpha value is -4.04. The number of terminal acetylenes is 4. The van der Waals surface area contributed by atoms with Gasteiger partial charge in [-0.15, -0.1) is 49.4 Å². The van der Waals surface area contributed by atoms with Gasteiger partial charge in [0.25, 0.3) is 0 Å². The Morgan fingerprint density at radius 2 is 0.622 bits per heavy atom. The van der Waals surface area contributed by atoms with E-state index in [1.165, 1.54) is 0 Å². The quantitative estimate of drug-likeness (QED) is 0.0538. The van der Waals surface area contributed by atoms with Crippen molar-refractivity contribution in [3.05, 3.63) is 0 Å². The second-order valence-corrected chi connectivity index (χ2v) is 9.41. The van der Waals surface area contributed by atoms with Crippen LogP contribution in [0.5, 0.6) is 0 Å². The van der Waals surface area contributed by atoms with Gasteiger partial charge in [-0.2, -0.15) is 0 Å². The molecule has 248 valence electrons. The van der Waals surface area contributed by atoms with Crippen LogP contribution >= 0.6 is 0 Å². The lowest BCUT2D eigenvalue weighted by Gasteiger charge is -2.33. The van der Waals surface area contributed by atoms with Crippen molar-refractivity contribution in [3.8, 4) is 49.4 Å². The largest absolute Gasteiger partial charge is 0.463 e. The van der Waals surface area contributed by atoms with Gasteiger partial charge in [0, 0.05) is 25.7 Å². The molecule has 0 rings (SSSR count). The highest BCUT2D eigenvalue weighted by Crippen LogP contribution is 2.21. The van der Waals surface area contributed by atoms with Gasteiger partial charge in [-0.3, -0.25) is 19.2 Å². The molecule has 0 aromatic heterocycles. The van der Waals surface area contributed by atoms with Gasteiger partial charge in [0.05, 0.1) is 84.0 Å². The summed E-state index contributed by atoms with van der Waals surface area (Å²) in [6.07, 6.45) is 22.2. The van der Waals surface area contributed by atoms with E-state index in [1.54, 1.807) is 0 Å².